The van der Waals surface area contributed by atoms with Gasteiger partial charge in [0, 0.05) is 11.6 Å². The van der Waals surface area contributed by atoms with Crippen LogP contribution in [0.2, 0.25) is 0 Å². The molecule has 0 bridgehead atoms. The number of anilines is 1. The van der Waals surface area contributed by atoms with E-state index >= 15 is 0 Å². The van der Waals surface area contributed by atoms with E-state index in [-0.39, 0.29) is 17.5 Å². The smallest absolute Gasteiger partial charge is 0.151 e. The number of benzene rings is 1. The first-order valence-corrected chi connectivity index (χ1v) is 4.52. The topological polar surface area (TPSA) is 52.0 Å². The van der Waals surface area contributed by atoms with Gasteiger partial charge in [-0.1, -0.05) is 6.07 Å². The Balaban J connectivity index is 2.58. The second kappa shape index (κ2) is 3.00. The first kappa shape index (κ1) is 8.51. The minimum absolute atomic E-state index is 0.174. The number of aryl methyl sites for hydroxylation is 1. The van der Waals surface area contributed by atoms with E-state index in [0.29, 0.717) is 5.56 Å². The van der Waals surface area contributed by atoms with Crippen LogP contribution in [0.15, 0.2) is 12.1 Å². The number of halogens is 1. The van der Waals surface area contributed by atoms with Gasteiger partial charge in [0.05, 0.1) is 5.69 Å². The summed E-state index contributed by atoms with van der Waals surface area (Å²) in [6.07, 6.45) is 2.81. The summed E-state index contributed by atoms with van der Waals surface area (Å²) in [7, 11) is 0. The van der Waals surface area contributed by atoms with Gasteiger partial charge in [-0.05, 0) is 30.9 Å². The minimum Gasteiger partial charge on any atom is -0.396 e. The summed E-state index contributed by atoms with van der Waals surface area (Å²) in [4.78, 5) is 0. The fourth-order valence-corrected chi connectivity index (χ4v) is 1.93. The molecule has 1 aromatic carbocycles. The lowest BCUT2D eigenvalue weighted by atomic mass is 9.87. The lowest BCUT2D eigenvalue weighted by molar-refractivity contribution is 0.521. The van der Waals surface area contributed by atoms with Crippen LogP contribution < -0.4 is 11.5 Å². The molecule has 1 aliphatic carbocycles. The highest BCUT2D eigenvalue weighted by Crippen LogP contribution is 2.32. The molecule has 0 aromatic heterocycles. The van der Waals surface area contributed by atoms with Crippen molar-refractivity contribution in [1.82, 2.24) is 0 Å². The van der Waals surface area contributed by atoms with Crippen LogP contribution in [-0.2, 0) is 6.42 Å². The number of nitrogens with two attached hydrogens (primary N) is 2. The molecule has 0 saturated heterocycles. The predicted molar refractivity (Wildman–Crippen MR) is 50.7 cm³/mol. The number of hydrogen-bond acceptors (Lipinski definition) is 2. The highest BCUT2D eigenvalue weighted by molar-refractivity contribution is 5.48. The van der Waals surface area contributed by atoms with E-state index in [4.69, 9.17) is 11.5 Å². The molecule has 4 N–H and O–H groups in total. The second-order valence-electron chi connectivity index (χ2n) is 3.54. The molecule has 2 nitrogen and oxygen atoms in total. The Bertz CT molecular complexity index is 336. The molecular weight excluding hydrogens is 167 g/mol. The number of hydrogen-bond donors (Lipinski definition) is 2. The zero-order chi connectivity index (χ0) is 9.42. The maximum Gasteiger partial charge on any atom is 0.151 e. The Morgan fingerprint density at radius 1 is 1.38 bits per heavy atom. The summed E-state index contributed by atoms with van der Waals surface area (Å²) < 4.78 is 13.5. The van der Waals surface area contributed by atoms with E-state index in [1.54, 1.807) is 6.07 Å². The van der Waals surface area contributed by atoms with E-state index in [2.05, 4.69) is 0 Å². The Kier molecular flexibility index (Phi) is 1.96. The zero-order valence-corrected chi connectivity index (χ0v) is 7.39. The number of rotatable bonds is 0. The van der Waals surface area contributed by atoms with Crippen LogP contribution in [0.3, 0.4) is 0 Å². The molecule has 0 unspecified atom stereocenters. The van der Waals surface area contributed by atoms with E-state index in [1.165, 1.54) is 0 Å². The van der Waals surface area contributed by atoms with Gasteiger partial charge in [-0.3, -0.25) is 0 Å². The molecule has 70 valence electrons. The van der Waals surface area contributed by atoms with Crippen LogP contribution in [-0.4, -0.2) is 0 Å². The average Bonchev–Trinajstić information content (AvgIpc) is 2.12. The highest BCUT2D eigenvalue weighted by atomic mass is 19.1. The predicted octanol–water partition coefficient (Wildman–Crippen LogP) is 1.74. The Hall–Kier alpha value is -1.09. The highest BCUT2D eigenvalue weighted by Gasteiger charge is 2.21. The van der Waals surface area contributed by atoms with Gasteiger partial charge in [-0.2, -0.15) is 0 Å². The lowest BCUT2D eigenvalue weighted by Crippen LogP contribution is -2.19. The van der Waals surface area contributed by atoms with Gasteiger partial charge in [0.2, 0.25) is 0 Å². The van der Waals surface area contributed by atoms with Crippen LogP contribution in [0.4, 0.5) is 10.1 Å². The second-order valence-corrected chi connectivity index (χ2v) is 3.54. The van der Waals surface area contributed by atoms with Crippen molar-refractivity contribution in [3.8, 4) is 0 Å². The van der Waals surface area contributed by atoms with Gasteiger partial charge < -0.3 is 11.5 Å². The molecule has 0 amide bonds. The first-order valence-electron chi connectivity index (χ1n) is 4.52. The van der Waals surface area contributed by atoms with Crippen LogP contribution in [0, 0.1) is 5.82 Å². The van der Waals surface area contributed by atoms with Crippen LogP contribution in [0.5, 0.6) is 0 Å². The standard InChI is InChI=1S/C10H13FN2/c11-10-8(13)5-4-6-2-1-3-7(12)9(6)10/h4-5,7H,1-3,12-13H2/t7-/m1/s1. The Morgan fingerprint density at radius 2 is 2.15 bits per heavy atom. The SMILES string of the molecule is Nc1ccc2c(c1F)[C@H](N)CCC2. The normalized spacial score (nSPS) is 21.2. The fourth-order valence-electron chi connectivity index (χ4n) is 1.93. The van der Waals surface area contributed by atoms with E-state index < -0.39 is 0 Å². The van der Waals surface area contributed by atoms with Crippen molar-refractivity contribution < 1.29 is 4.39 Å². The summed E-state index contributed by atoms with van der Waals surface area (Å²) >= 11 is 0. The van der Waals surface area contributed by atoms with Crippen LogP contribution in [0.25, 0.3) is 0 Å². The zero-order valence-electron chi connectivity index (χ0n) is 7.39. The Morgan fingerprint density at radius 3 is 2.92 bits per heavy atom. The molecule has 0 heterocycles. The fraction of sp³-hybridized carbons (Fsp3) is 0.400. The average molecular weight is 180 g/mol. The van der Waals surface area contributed by atoms with Gasteiger partial charge >= 0.3 is 0 Å². The molecule has 0 spiro atoms. The molecular formula is C10H13FN2. The Labute approximate surface area is 76.7 Å². The quantitative estimate of drug-likeness (QED) is 0.597. The molecule has 1 aliphatic rings. The number of nitrogen functional groups attached to an aromatic ring is 1. The van der Waals surface area contributed by atoms with Gasteiger partial charge in [0.25, 0.3) is 0 Å². The molecule has 0 fully saturated rings. The van der Waals surface area contributed by atoms with Gasteiger partial charge in [-0.25, -0.2) is 4.39 Å². The molecule has 0 saturated carbocycles. The molecule has 0 radical (unpaired) electrons. The van der Waals surface area contributed by atoms with Crippen molar-refractivity contribution in [2.24, 2.45) is 5.73 Å². The third kappa shape index (κ3) is 1.29. The molecule has 2 rings (SSSR count). The molecule has 0 aliphatic heterocycles. The van der Waals surface area contributed by atoms with Crippen molar-refractivity contribution in [3.05, 3.63) is 29.1 Å². The van der Waals surface area contributed by atoms with Crippen molar-refractivity contribution in [2.75, 3.05) is 5.73 Å². The maximum atomic E-state index is 13.5. The van der Waals surface area contributed by atoms with Gasteiger partial charge in [0.15, 0.2) is 5.82 Å². The largest absolute Gasteiger partial charge is 0.396 e. The third-order valence-corrected chi connectivity index (χ3v) is 2.63. The van der Waals surface area contributed by atoms with Crippen molar-refractivity contribution in [1.29, 1.82) is 0 Å². The summed E-state index contributed by atoms with van der Waals surface area (Å²) in [6.45, 7) is 0. The van der Waals surface area contributed by atoms with Crippen LogP contribution in [0.1, 0.15) is 30.0 Å². The van der Waals surface area contributed by atoms with Crippen LogP contribution >= 0.6 is 0 Å². The maximum absolute atomic E-state index is 13.5. The summed E-state index contributed by atoms with van der Waals surface area (Å²) in [5, 5.41) is 0. The summed E-state index contributed by atoms with van der Waals surface area (Å²) in [6, 6.07) is 3.33. The van der Waals surface area contributed by atoms with Gasteiger partial charge in [-0.15, -0.1) is 0 Å². The van der Waals surface area contributed by atoms with Crippen molar-refractivity contribution in [2.45, 2.75) is 25.3 Å². The lowest BCUT2D eigenvalue weighted by Gasteiger charge is -2.23. The third-order valence-electron chi connectivity index (χ3n) is 2.63. The van der Waals surface area contributed by atoms with E-state index in [0.717, 1.165) is 24.8 Å². The van der Waals surface area contributed by atoms with E-state index in [1.807, 2.05) is 6.07 Å². The minimum atomic E-state index is -0.315. The molecule has 1 aromatic rings. The summed E-state index contributed by atoms with van der Waals surface area (Å²) in [5.41, 5.74) is 13.2. The van der Waals surface area contributed by atoms with Crippen molar-refractivity contribution in [3.63, 3.8) is 0 Å². The first-order chi connectivity index (χ1) is 6.20. The van der Waals surface area contributed by atoms with Crippen molar-refractivity contribution >= 4 is 5.69 Å². The molecule has 1 atom stereocenters. The number of fused-ring (bicyclic) bond motifs is 1. The summed E-state index contributed by atoms with van der Waals surface area (Å²) in [5.74, 6) is -0.315. The monoisotopic (exact) mass is 180 g/mol. The molecule has 13 heavy (non-hydrogen) atoms. The van der Waals surface area contributed by atoms with Gasteiger partial charge in [0.1, 0.15) is 0 Å². The molecule has 3 heteroatoms. The van der Waals surface area contributed by atoms with E-state index in [9.17, 15) is 4.39 Å².